The molecule has 0 unspecified atom stereocenters. The van der Waals surface area contributed by atoms with Crippen LogP contribution >= 0.6 is 0 Å². The maximum Gasteiger partial charge on any atom is 0.358 e. The fourth-order valence-corrected chi connectivity index (χ4v) is 2.88. The second-order valence-corrected chi connectivity index (χ2v) is 6.59. The number of carbonyl (C=O) groups is 2. The number of hydrogen-bond acceptors (Lipinski definition) is 4. The fraction of sp³-hybridized carbons (Fsp3) is 0.412. The van der Waals surface area contributed by atoms with E-state index in [4.69, 9.17) is 5.11 Å². The van der Waals surface area contributed by atoms with E-state index in [-0.39, 0.29) is 35.3 Å². The lowest BCUT2D eigenvalue weighted by atomic mass is 9.79. The van der Waals surface area contributed by atoms with Crippen LogP contribution in [0.15, 0.2) is 24.4 Å². The predicted molar refractivity (Wildman–Crippen MR) is 87.9 cm³/mol. The van der Waals surface area contributed by atoms with E-state index in [0.29, 0.717) is 24.1 Å². The molecule has 8 heteroatoms. The molecule has 1 aliphatic rings. The smallest absolute Gasteiger partial charge is 0.358 e. The zero-order chi connectivity index (χ0) is 18.1. The van der Waals surface area contributed by atoms with Crippen molar-refractivity contribution in [3.05, 3.63) is 41.5 Å². The Morgan fingerprint density at radius 2 is 2.08 bits per heavy atom. The SMILES string of the molecule is CC(C)c1cc(NC(=O)C2CC(n3cc(C(=O)O)nn3)C2)ccc1F. The molecule has 1 saturated carbocycles. The van der Waals surface area contributed by atoms with Gasteiger partial charge < -0.3 is 10.4 Å². The van der Waals surface area contributed by atoms with Gasteiger partial charge in [0.1, 0.15) is 5.82 Å². The molecular formula is C17H19FN4O3. The first-order chi connectivity index (χ1) is 11.8. The van der Waals surface area contributed by atoms with E-state index in [2.05, 4.69) is 15.6 Å². The highest BCUT2D eigenvalue weighted by molar-refractivity contribution is 5.93. The van der Waals surface area contributed by atoms with Crippen molar-refractivity contribution in [1.82, 2.24) is 15.0 Å². The molecule has 0 atom stereocenters. The molecule has 1 amide bonds. The predicted octanol–water partition coefficient (Wildman–Crippen LogP) is 2.83. The summed E-state index contributed by atoms with van der Waals surface area (Å²) in [7, 11) is 0. The highest BCUT2D eigenvalue weighted by Gasteiger charge is 2.36. The average molecular weight is 346 g/mol. The number of nitrogens with one attached hydrogen (secondary N) is 1. The fourth-order valence-electron chi connectivity index (χ4n) is 2.88. The monoisotopic (exact) mass is 346 g/mol. The quantitative estimate of drug-likeness (QED) is 0.868. The van der Waals surface area contributed by atoms with Gasteiger partial charge in [0, 0.05) is 11.6 Å². The van der Waals surface area contributed by atoms with E-state index in [0.717, 1.165) is 0 Å². The Bertz CT molecular complexity index is 812. The van der Waals surface area contributed by atoms with E-state index in [1.165, 1.54) is 16.9 Å². The molecule has 0 aliphatic heterocycles. The van der Waals surface area contributed by atoms with Crippen molar-refractivity contribution >= 4 is 17.6 Å². The summed E-state index contributed by atoms with van der Waals surface area (Å²) < 4.78 is 15.2. The van der Waals surface area contributed by atoms with Gasteiger partial charge in [-0.25, -0.2) is 13.9 Å². The van der Waals surface area contributed by atoms with Crippen LogP contribution in [0.5, 0.6) is 0 Å². The van der Waals surface area contributed by atoms with Gasteiger partial charge in [0.25, 0.3) is 0 Å². The molecule has 1 fully saturated rings. The molecule has 1 aromatic carbocycles. The van der Waals surface area contributed by atoms with Crippen molar-refractivity contribution in [1.29, 1.82) is 0 Å². The Balaban J connectivity index is 1.59. The second kappa shape index (κ2) is 6.62. The number of aromatic nitrogens is 3. The zero-order valence-electron chi connectivity index (χ0n) is 13.9. The van der Waals surface area contributed by atoms with Crippen molar-refractivity contribution in [3.8, 4) is 0 Å². The molecule has 3 rings (SSSR count). The summed E-state index contributed by atoms with van der Waals surface area (Å²) in [5.41, 5.74) is 1.03. The number of carboxylic acid groups (broad SMARTS) is 1. The average Bonchev–Trinajstić information content (AvgIpc) is 2.97. The third-order valence-corrected chi connectivity index (χ3v) is 4.47. The zero-order valence-corrected chi connectivity index (χ0v) is 13.9. The van der Waals surface area contributed by atoms with E-state index >= 15 is 0 Å². The molecule has 1 heterocycles. The maximum atomic E-state index is 13.7. The minimum absolute atomic E-state index is 0.0284. The van der Waals surface area contributed by atoms with E-state index < -0.39 is 5.97 Å². The molecule has 7 nitrogen and oxygen atoms in total. The molecule has 2 N–H and O–H groups in total. The number of carboxylic acids is 1. The van der Waals surface area contributed by atoms with Gasteiger partial charge in [0.15, 0.2) is 5.69 Å². The number of anilines is 1. The second-order valence-electron chi connectivity index (χ2n) is 6.59. The van der Waals surface area contributed by atoms with Crippen LogP contribution in [0.4, 0.5) is 10.1 Å². The molecule has 0 spiro atoms. The van der Waals surface area contributed by atoms with E-state index in [1.807, 2.05) is 13.8 Å². The van der Waals surface area contributed by atoms with Crippen LogP contribution in [-0.2, 0) is 4.79 Å². The van der Waals surface area contributed by atoms with Gasteiger partial charge in [0.05, 0.1) is 12.2 Å². The largest absolute Gasteiger partial charge is 0.476 e. The topological polar surface area (TPSA) is 97.1 Å². The molecule has 1 aliphatic carbocycles. The van der Waals surface area contributed by atoms with Crippen LogP contribution in [0.3, 0.4) is 0 Å². The summed E-state index contributed by atoms with van der Waals surface area (Å²) in [5.74, 6) is -1.69. The molecule has 0 radical (unpaired) electrons. The lowest BCUT2D eigenvalue weighted by molar-refractivity contribution is -0.123. The van der Waals surface area contributed by atoms with Crippen LogP contribution in [-0.4, -0.2) is 32.0 Å². The molecular weight excluding hydrogens is 327 g/mol. The lowest BCUT2D eigenvalue weighted by Gasteiger charge is -2.33. The van der Waals surface area contributed by atoms with E-state index in [1.54, 1.807) is 12.1 Å². The Morgan fingerprint density at radius 1 is 1.36 bits per heavy atom. The number of rotatable bonds is 5. The maximum absolute atomic E-state index is 13.7. The third-order valence-electron chi connectivity index (χ3n) is 4.47. The Hall–Kier alpha value is -2.77. The molecule has 2 aromatic rings. The molecule has 132 valence electrons. The van der Waals surface area contributed by atoms with Crippen LogP contribution in [0, 0.1) is 11.7 Å². The number of nitrogens with zero attached hydrogens (tertiary/aromatic N) is 3. The summed E-state index contributed by atoms with van der Waals surface area (Å²) in [5, 5.41) is 19.0. The van der Waals surface area contributed by atoms with Crippen molar-refractivity contribution in [3.63, 3.8) is 0 Å². The highest BCUT2D eigenvalue weighted by Crippen LogP contribution is 2.38. The number of aromatic carboxylic acids is 1. The van der Waals surface area contributed by atoms with Gasteiger partial charge in [-0.3, -0.25) is 4.79 Å². The number of halogens is 1. The normalized spacial score (nSPS) is 19.5. The number of amides is 1. The molecule has 1 aromatic heterocycles. The lowest BCUT2D eigenvalue weighted by Crippen LogP contribution is -2.36. The van der Waals surface area contributed by atoms with Gasteiger partial charge >= 0.3 is 5.97 Å². The molecule has 25 heavy (non-hydrogen) atoms. The Morgan fingerprint density at radius 3 is 2.68 bits per heavy atom. The van der Waals surface area contributed by atoms with Crippen LogP contribution < -0.4 is 5.32 Å². The first kappa shape index (κ1) is 17.1. The van der Waals surface area contributed by atoms with E-state index in [9.17, 15) is 14.0 Å². The Labute approximate surface area is 143 Å². The van der Waals surface area contributed by atoms with Crippen molar-refractivity contribution in [2.24, 2.45) is 5.92 Å². The van der Waals surface area contributed by atoms with Crippen molar-refractivity contribution in [2.75, 3.05) is 5.32 Å². The third kappa shape index (κ3) is 3.52. The number of hydrogen-bond donors (Lipinski definition) is 2. The van der Waals surface area contributed by atoms with Crippen LogP contribution in [0.25, 0.3) is 0 Å². The van der Waals surface area contributed by atoms with Gasteiger partial charge in [-0.1, -0.05) is 19.1 Å². The number of benzene rings is 1. The van der Waals surface area contributed by atoms with Crippen molar-refractivity contribution < 1.29 is 19.1 Å². The summed E-state index contributed by atoms with van der Waals surface area (Å²) in [4.78, 5) is 23.1. The Kier molecular flexibility index (Phi) is 4.52. The summed E-state index contributed by atoms with van der Waals surface area (Å²) in [6, 6.07) is 4.53. The van der Waals surface area contributed by atoms with Gasteiger partial charge in [-0.15, -0.1) is 5.10 Å². The summed E-state index contributed by atoms with van der Waals surface area (Å²) >= 11 is 0. The minimum atomic E-state index is -1.13. The number of carbonyl (C=O) groups excluding carboxylic acids is 1. The van der Waals surface area contributed by atoms with Gasteiger partial charge in [-0.2, -0.15) is 0 Å². The molecule has 0 bridgehead atoms. The summed E-state index contributed by atoms with van der Waals surface area (Å²) in [6.07, 6.45) is 2.50. The van der Waals surface area contributed by atoms with Gasteiger partial charge in [-0.05, 0) is 42.5 Å². The van der Waals surface area contributed by atoms with Crippen LogP contribution in [0.2, 0.25) is 0 Å². The molecule has 0 saturated heterocycles. The minimum Gasteiger partial charge on any atom is -0.476 e. The first-order valence-corrected chi connectivity index (χ1v) is 8.10. The van der Waals surface area contributed by atoms with Crippen molar-refractivity contribution in [2.45, 2.75) is 38.6 Å². The van der Waals surface area contributed by atoms with Crippen LogP contribution in [0.1, 0.15) is 54.7 Å². The van der Waals surface area contributed by atoms with Gasteiger partial charge in [0.2, 0.25) is 5.91 Å². The first-order valence-electron chi connectivity index (χ1n) is 8.10. The summed E-state index contributed by atoms with van der Waals surface area (Å²) in [6.45, 7) is 3.79. The standard InChI is InChI=1S/C17H19FN4O3/c1-9(2)13-7-11(3-4-14(13)18)19-16(23)10-5-12(6-10)22-8-15(17(24)25)20-21-22/h3-4,7-10,12H,5-6H2,1-2H3,(H,19,23)(H,24,25). The highest BCUT2D eigenvalue weighted by atomic mass is 19.1.